The quantitative estimate of drug-likeness (QED) is 0.275. The fraction of sp³-hybridized carbons (Fsp3) is 0.333. The standard InChI is InChI=1S/C15H18ClN3O2.C2H6.CH2O2/c1-4-9-21-14-7-5-13(6-8-14)18-11(2)15(19-20)10-17-12(3)16;1-2;2-1-3/h5-8,10,18H,2,4,9H2,1,3H3;1-2H3;1H,(H,2,3)/p+1/b15-10+,17-12?;;. The summed E-state index contributed by atoms with van der Waals surface area (Å²) in [5.41, 5.74) is 1.30. The van der Waals surface area contributed by atoms with Crippen molar-refractivity contribution in [3.05, 3.63) is 53.3 Å². The van der Waals surface area contributed by atoms with E-state index in [4.69, 9.17) is 26.2 Å². The molecule has 1 aromatic carbocycles. The van der Waals surface area contributed by atoms with Gasteiger partial charge in [0.15, 0.2) is 11.9 Å². The number of carboxylic acid groups (broad SMARTS) is 1. The van der Waals surface area contributed by atoms with Crippen LogP contribution in [0.25, 0.3) is 0 Å². The zero-order valence-electron chi connectivity index (χ0n) is 15.6. The van der Waals surface area contributed by atoms with Crippen LogP contribution in [-0.4, -0.2) is 23.4 Å². The van der Waals surface area contributed by atoms with E-state index >= 15 is 0 Å². The van der Waals surface area contributed by atoms with Crippen LogP contribution in [0.5, 0.6) is 5.75 Å². The Morgan fingerprint density at radius 3 is 2.35 bits per heavy atom. The van der Waals surface area contributed by atoms with Crippen LogP contribution in [0.3, 0.4) is 0 Å². The summed E-state index contributed by atoms with van der Waals surface area (Å²) >= 11 is 5.66. The van der Waals surface area contributed by atoms with E-state index in [0.717, 1.165) is 17.9 Å². The summed E-state index contributed by atoms with van der Waals surface area (Å²) < 4.78 is 5.49. The number of anilines is 1. The molecule has 0 unspecified atom stereocenters. The second kappa shape index (κ2) is 17.2. The van der Waals surface area contributed by atoms with Gasteiger partial charge in [0.05, 0.1) is 12.3 Å². The summed E-state index contributed by atoms with van der Waals surface area (Å²) in [6, 6.07) is 7.37. The maximum atomic E-state index is 10.8. The number of ether oxygens (including phenoxy) is 1. The highest BCUT2D eigenvalue weighted by Crippen LogP contribution is 2.19. The minimum atomic E-state index is -0.250. The number of nitrogens with one attached hydrogen (secondary N) is 2. The Kier molecular flexibility index (Phi) is 16.9. The highest BCUT2D eigenvalue weighted by Gasteiger charge is 2.06. The summed E-state index contributed by atoms with van der Waals surface area (Å²) in [5.74, 6) is 0.798. The number of hydrogen-bond donors (Lipinski definition) is 3. The molecule has 3 N–H and O–H groups in total. The molecule has 0 atom stereocenters. The number of hydrogen-bond acceptors (Lipinski definition) is 5. The fourth-order valence-corrected chi connectivity index (χ4v) is 1.48. The van der Waals surface area contributed by atoms with Crippen LogP contribution in [0.4, 0.5) is 5.69 Å². The topological polar surface area (TPSA) is 102 Å². The van der Waals surface area contributed by atoms with Gasteiger partial charge in [-0.05, 0) is 47.5 Å². The number of carbonyl (C=O) groups is 1. The minimum absolute atomic E-state index is 0.140. The number of halogens is 1. The lowest BCUT2D eigenvalue weighted by Crippen LogP contribution is -2.64. The Morgan fingerprint density at radius 1 is 1.38 bits per heavy atom. The van der Waals surface area contributed by atoms with Gasteiger partial charge in [-0.3, -0.25) is 4.79 Å². The van der Waals surface area contributed by atoms with Crippen LogP contribution in [0.1, 0.15) is 34.1 Å². The number of benzene rings is 1. The molecule has 0 aliphatic carbocycles. The Bertz CT molecular complexity index is 595. The van der Waals surface area contributed by atoms with E-state index in [2.05, 4.69) is 22.1 Å². The molecule has 0 spiro atoms. The smallest absolute Gasteiger partial charge is 0.290 e. The van der Waals surface area contributed by atoms with Crippen LogP contribution < -0.4 is 15.0 Å². The number of rotatable bonds is 8. The average molecular weight is 385 g/mol. The maximum absolute atomic E-state index is 10.8. The van der Waals surface area contributed by atoms with Crippen molar-refractivity contribution in [1.82, 2.24) is 0 Å². The largest absolute Gasteiger partial charge is 0.494 e. The predicted octanol–water partition coefficient (Wildman–Crippen LogP) is 3.47. The Morgan fingerprint density at radius 2 is 1.92 bits per heavy atom. The molecular weight excluding hydrogens is 358 g/mol. The van der Waals surface area contributed by atoms with Crippen molar-refractivity contribution < 1.29 is 19.6 Å². The zero-order valence-corrected chi connectivity index (χ0v) is 16.3. The molecule has 0 aliphatic rings. The van der Waals surface area contributed by atoms with E-state index in [1.165, 1.54) is 6.20 Å². The minimum Gasteiger partial charge on any atom is -0.494 e. The molecule has 0 saturated carbocycles. The molecule has 0 saturated heterocycles. The third kappa shape index (κ3) is 12.7. The second-order valence-electron chi connectivity index (χ2n) is 4.38. The van der Waals surface area contributed by atoms with E-state index in [1.807, 2.05) is 45.0 Å². The summed E-state index contributed by atoms with van der Waals surface area (Å²) in [6.07, 6.45) is 2.35. The fourth-order valence-electron chi connectivity index (χ4n) is 1.43. The monoisotopic (exact) mass is 384 g/mol. The highest BCUT2D eigenvalue weighted by atomic mass is 35.5. The first-order valence-electron chi connectivity index (χ1n) is 8.04. The van der Waals surface area contributed by atoms with Gasteiger partial charge in [0.25, 0.3) is 6.47 Å². The van der Waals surface area contributed by atoms with Crippen LogP contribution >= 0.6 is 11.6 Å². The molecule has 8 heteroatoms. The lowest BCUT2D eigenvalue weighted by molar-refractivity contribution is -0.371. The molecule has 1 aromatic rings. The normalized spacial score (nSPS) is 10.3. The van der Waals surface area contributed by atoms with E-state index in [9.17, 15) is 4.91 Å². The molecule has 0 amide bonds. The van der Waals surface area contributed by atoms with Crippen molar-refractivity contribution in [2.45, 2.75) is 34.1 Å². The predicted molar refractivity (Wildman–Crippen MR) is 106 cm³/mol. The first kappa shape index (κ1) is 25.6. The summed E-state index contributed by atoms with van der Waals surface area (Å²) in [6.45, 7) is 11.9. The molecule has 0 fully saturated rings. The van der Waals surface area contributed by atoms with Crippen LogP contribution in [0, 0.1) is 4.91 Å². The third-order valence-corrected chi connectivity index (χ3v) is 2.55. The highest BCUT2D eigenvalue weighted by molar-refractivity contribution is 6.63. The SMILES string of the molecule is C=C(Nc1ccc(OCCC)cc1)/C(=C\[NH+]=C(C)Cl)N=O.CC.O=CO. The van der Waals surface area contributed by atoms with Gasteiger partial charge in [0, 0.05) is 12.6 Å². The number of nitroso groups, excluding NO2 is 1. The first-order chi connectivity index (χ1) is 12.5. The lowest BCUT2D eigenvalue weighted by atomic mass is 10.2. The molecule has 7 nitrogen and oxygen atoms in total. The van der Waals surface area contributed by atoms with Crippen molar-refractivity contribution in [1.29, 1.82) is 0 Å². The van der Waals surface area contributed by atoms with E-state index in [0.29, 0.717) is 17.5 Å². The molecule has 26 heavy (non-hydrogen) atoms. The second-order valence-corrected chi connectivity index (χ2v) is 4.95. The van der Waals surface area contributed by atoms with E-state index in [1.54, 1.807) is 6.92 Å². The number of nitrogens with zero attached hydrogens (tertiary/aromatic N) is 1. The first-order valence-corrected chi connectivity index (χ1v) is 8.42. The Labute approximate surface area is 159 Å². The summed E-state index contributed by atoms with van der Waals surface area (Å²) in [4.78, 5) is 21.9. The maximum Gasteiger partial charge on any atom is 0.290 e. The van der Waals surface area contributed by atoms with Gasteiger partial charge in [0.2, 0.25) is 5.17 Å². The van der Waals surface area contributed by atoms with Crippen molar-refractivity contribution in [3.8, 4) is 5.75 Å². The van der Waals surface area contributed by atoms with Gasteiger partial charge in [-0.25, -0.2) is 4.99 Å². The molecule has 0 aromatic heterocycles. The molecule has 0 heterocycles. The van der Waals surface area contributed by atoms with Crippen LogP contribution in [0.15, 0.2) is 53.6 Å². The zero-order chi connectivity index (χ0) is 20.4. The van der Waals surface area contributed by atoms with Crippen molar-refractivity contribution >= 4 is 28.9 Å². The van der Waals surface area contributed by atoms with Gasteiger partial charge in [-0.2, -0.15) is 0 Å². The van der Waals surface area contributed by atoms with E-state index in [-0.39, 0.29) is 12.2 Å². The van der Waals surface area contributed by atoms with Gasteiger partial charge < -0.3 is 15.2 Å². The Balaban J connectivity index is 0. The Hall–Kier alpha value is -2.67. The van der Waals surface area contributed by atoms with Gasteiger partial charge >= 0.3 is 0 Å². The van der Waals surface area contributed by atoms with Gasteiger partial charge in [-0.1, -0.05) is 27.4 Å². The van der Waals surface area contributed by atoms with Gasteiger partial charge in [0.1, 0.15) is 5.75 Å². The summed E-state index contributed by atoms with van der Waals surface area (Å²) in [7, 11) is 0. The van der Waals surface area contributed by atoms with Crippen LogP contribution in [-0.2, 0) is 4.79 Å². The lowest BCUT2D eigenvalue weighted by Gasteiger charge is -2.09. The molecule has 0 aliphatic heterocycles. The molecular formula is C18H27ClN3O4+. The third-order valence-electron chi connectivity index (χ3n) is 2.44. The van der Waals surface area contributed by atoms with Gasteiger partial charge in [-0.15, -0.1) is 4.91 Å². The van der Waals surface area contributed by atoms with Crippen molar-refractivity contribution in [2.75, 3.05) is 11.9 Å². The van der Waals surface area contributed by atoms with Crippen molar-refractivity contribution in [3.63, 3.8) is 0 Å². The van der Waals surface area contributed by atoms with Crippen LogP contribution in [0.2, 0.25) is 0 Å². The van der Waals surface area contributed by atoms with E-state index < -0.39 is 0 Å². The molecule has 1 rings (SSSR count). The molecule has 144 valence electrons. The van der Waals surface area contributed by atoms with Crippen molar-refractivity contribution in [2.24, 2.45) is 5.18 Å². The molecule has 0 radical (unpaired) electrons. The summed E-state index contributed by atoms with van der Waals surface area (Å²) in [5, 5.41) is 13.2. The average Bonchev–Trinajstić information content (AvgIpc) is 2.64. The molecule has 0 bridgehead atoms.